The molecule has 1 aliphatic rings. The van der Waals surface area contributed by atoms with Gasteiger partial charge in [0.25, 0.3) is 0 Å². The summed E-state index contributed by atoms with van der Waals surface area (Å²) in [5.74, 6) is 0.612. The standard InChI is InChI=1S/C12H19N3O3S/c1-18-12-6-5-10(8-14-12)19(16,17)15-11-4-2-3-9(11)7-13/h5-6,8-9,11,15H,2-4,7,13H2,1H3. The van der Waals surface area contributed by atoms with Crippen molar-refractivity contribution in [1.29, 1.82) is 0 Å². The molecule has 2 atom stereocenters. The lowest BCUT2D eigenvalue weighted by atomic mass is 10.1. The van der Waals surface area contributed by atoms with E-state index in [2.05, 4.69) is 9.71 Å². The second-order valence-electron chi connectivity index (χ2n) is 4.69. The smallest absolute Gasteiger partial charge is 0.242 e. The summed E-state index contributed by atoms with van der Waals surface area (Å²) in [7, 11) is -2.05. The molecule has 1 aromatic rings. The van der Waals surface area contributed by atoms with E-state index in [0.29, 0.717) is 12.4 Å². The number of ether oxygens (including phenoxy) is 1. The van der Waals surface area contributed by atoms with Crippen molar-refractivity contribution in [3.63, 3.8) is 0 Å². The molecule has 0 radical (unpaired) electrons. The molecule has 0 bridgehead atoms. The fourth-order valence-corrected chi connectivity index (χ4v) is 3.67. The van der Waals surface area contributed by atoms with E-state index in [4.69, 9.17) is 10.5 Å². The Balaban J connectivity index is 2.13. The molecular weight excluding hydrogens is 266 g/mol. The van der Waals surface area contributed by atoms with Gasteiger partial charge >= 0.3 is 0 Å². The molecule has 106 valence electrons. The van der Waals surface area contributed by atoms with Crippen molar-refractivity contribution in [3.05, 3.63) is 18.3 Å². The summed E-state index contributed by atoms with van der Waals surface area (Å²) in [5.41, 5.74) is 5.66. The normalized spacial score (nSPS) is 23.5. The summed E-state index contributed by atoms with van der Waals surface area (Å²) >= 11 is 0. The van der Waals surface area contributed by atoms with E-state index in [0.717, 1.165) is 19.3 Å². The van der Waals surface area contributed by atoms with Gasteiger partial charge in [0, 0.05) is 12.1 Å². The molecule has 0 aromatic carbocycles. The summed E-state index contributed by atoms with van der Waals surface area (Å²) in [6, 6.07) is 2.95. The monoisotopic (exact) mass is 285 g/mol. The van der Waals surface area contributed by atoms with Crippen LogP contribution in [0.3, 0.4) is 0 Å². The third-order valence-electron chi connectivity index (χ3n) is 3.50. The Morgan fingerprint density at radius 3 is 2.84 bits per heavy atom. The number of methoxy groups -OCH3 is 1. The number of aromatic nitrogens is 1. The first-order valence-electron chi connectivity index (χ1n) is 6.29. The zero-order valence-corrected chi connectivity index (χ0v) is 11.7. The Hall–Kier alpha value is -1.18. The fraction of sp³-hybridized carbons (Fsp3) is 0.583. The lowest BCUT2D eigenvalue weighted by molar-refractivity contribution is 0.397. The van der Waals surface area contributed by atoms with Crippen LogP contribution in [0.25, 0.3) is 0 Å². The fourth-order valence-electron chi connectivity index (χ4n) is 2.39. The van der Waals surface area contributed by atoms with Crippen molar-refractivity contribution in [2.24, 2.45) is 11.7 Å². The number of nitrogens with one attached hydrogen (secondary N) is 1. The highest BCUT2D eigenvalue weighted by atomic mass is 32.2. The predicted molar refractivity (Wildman–Crippen MR) is 71.3 cm³/mol. The minimum absolute atomic E-state index is 0.0721. The van der Waals surface area contributed by atoms with E-state index in [-0.39, 0.29) is 16.9 Å². The van der Waals surface area contributed by atoms with Gasteiger partial charge in [0.1, 0.15) is 4.90 Å². The largest absolute Gasteiger partial charge is 0.481 e. The van der Waals surface area contributed by atoms with Crippen molar-refractivity contribution >= 4 is 10.0 Å². The van der Waals surface area contributed by atoms with Gasteiger partial charge in [-0.1, -0.05) is 6.42 Å². The molecule has 1 aromatic heterocycles. The lowest BCUT2D eigenvalue weighted by Gasteiger charge is -2.19. The van der Waals surface area contributed by atoms with E-state index >= 15 is 0 Å². The molecule has 1 heterocycles. The SMILES string of the molecule is COc1ccc(S(=O)(=O)NC2CCCC2CN)cn1. The number of pyridine rings is 1. The topological polar surface area (TPSA) is 94.3 Å². The molecule has 3 N–H and O–H groups in total. The molecule has 6 nitrogen and oxygen atoms in total. The molecule has 2 unspecified atom stereocenters. The van der Waals surface area contributed by atoms with Gasteiger partial charge in [-0.2, -0.15) is 0 Å². The van der Waals surface area contributed by atoms with Gasteiger partial charge in [0.2, 0.25) is 15.9 Å². The van der Waals surface area contributed by atoms with E-state index in [1.807, 2.05) is 0 Å². The van der Waals surface area contributed by atoms with Crippen molar-refractivity contribution in [3.8, 4) is 5.88 Å². The Morgan fingerprint density at radius 2 is 2.26 bits per heavy atom. The van der Waals surface area contributed by atoms with Gasteiger partial charge in [0.05, 0.1) is 13.3 Å². The van der Waals surface area contributed by atoms with Crippen LogP contribution in [-0.2, 0) is 10.0 Å². The molecule has 7 heteroatoms. The molecule has 0 spiro atoms. The number of rotatable bonds is 5. The third-order valence-corrected chi connectivity index (χ3v) is 4.97. The molecule has 0 aliphatic heterocycles. The average Bonchev–Trinajstić information content (AvgIpc) is 2.85. The highest BCUT2D eigenvalue weighted by Crippen LogP contribution is 2.26. The second-order valence-corrected chi connectivity index (χ2v) is 6.40. The maximum atomic E-state index is 12.2. The first kappa shape index (κ1) is 14.2. The van der Waals surface area contributed by atoms with Crippen LogP contribution in [0.2, 0.25) is 0 Å². The van der Waals surface area contributed by atoms with E-state index < -0.39 is 10.0 Å². The molecule has 1 fully saturated rings. The van der Waals surface area contributed by atoms with E-state index in [1.165, 1.54) is 25.4 Å². The van der Waals surface area contributed by atoms with Gasteiger partial charge in [-0.15, -0.1) is 0 Å². The van der Waals surface area contributed by atoms with Gasteiger partial charge in [0.15, 0.2) is 0 Å². The van der Waals surface area contributed by atoms with Crippen molar-refractivity contribution in [2.75, 3.05) is 13.7 Å². The van der Waals surface area contributed by atoms with Crippen molar-refractivity contribution < 1.29 is 13.2 Å². The zero-order valence-electron chi connectivity index (χ0n) is 10.9. The highest BCUT2D eigenvalue weighted by molar-refractivity contribution is 7.89. The first-order chi connectivity index (χ1) is 9.06. The predicted octanol–water partition coefficient (Wildman–Crippen LogP) is 0.496. The first-order valence-corrected chi connectivity index (χ1v) is 7.77. The summed E-state index contributed by atoms with van der Waals surface area (Å²) in [5, 5.41) is 0. The van der Waals surface area contributed by atoms with Crippen LogP contribution in [0.1, 0.15) is 19.3 Å². The van der Waals surface area contributed by atoms with Crippen LogP contribution < -0.4 is 15.2 Å². The minimum atomic E-state index is -3.54. The summed E-state index contributed by atoms with van der Waals surface area (Å²) in [4.78, 5) is 4.06. The molecule has 2 rings (SSSR count). The molecule has 0 saturated heterocycles. The summed E-state index contributed by atoms with van der Waals surface area (Å²) in [6.07, 6.45) is 4.12. The maximum Gasteiger partial charge on any atom is 0.242 e. The maximum absolute atomic E-state index is 12.2. The van der Waals surface area contributed by atoms with E-state index in [1.54, 1.807) is 0 Å². The number of nitrogens with zero attached hydrogens (tertiary/aromatic N) is 1. The van der Waals surface area contributed by atoms with Gasteiger partial charge < -0.3 is 10.5 Å². The minimum Gasteiger partial charge on any atom is -0.481 e. The molecule has 0 amide bonds. The molecule has 1 aliphatic carbocycles. The van der Waals surface area contributed by atoms with Gasteiger partial charge in [-0.3, -0.25) is 0 Å². The lowest BCUT2D eigenvalue weighted by Crippen LogP contribution is -2.39. The number of nitrogens with two attached hydrogens (primary N) is 1. The zero-order chi connectivity index (χ0) is 13.9. The summed E-state index contributed by atoms with van der Waals surface area (Å²) < 4.78 is 32.1. The Kier molecular flexibility index (Phi) is 4.38. The number of hydrogen-bond acceptors (Lipinski definition) is 5. The average molecular weight is 285 g/mol. The van der Waals surface area contributed by atoms with Crippen LogP contribution in [0, 0.1) is 5.92 Å². The Bertz CT molecular complexity index is 516. The number of hydrogen-bond donors (Lipinski definition) is 2. The molecule has 1 saturated carbocycles. The third kappa shape index (κ3) is 3.23. The number of sulfonamides is 1. The van der Waals surface area contributed by atoms with Gasteiger partial charge in [-0.25, -0.2) is 18.1 Å². The molecular formula is C12H19N3O3S. The highest BCUT2D eigenvalue weighted by Gasteiger charge is 2.30. The summed E-state index contributed by atoms with van der Waals surface area (Å²) in [6.45, 7) is 0.508. The van der Waals surface area contributed by atoms with Crippen LogP contribution >= 0.6 is 0 Å². The van der Waals surface area contributed by atoms with Crippen LogP contribution in [0.5, 0.6) is 5.88 Å². The Morgan fingerprint density at radius 1 is 1.47 bits per heavy atom. The van der Waals surface area contributed by atoms with Crippen molar-refractivity contribution in [2.45, 2.75) is 30.2 Å². The van der Waals surface area contributed by atoms with Crippen LogP contribution in [0.4, 0.5) is 0 Å². The Labute approximate surface area is 113 Å². The van der Waals surface area contributed by atoms with E-state index in [9.17, 15) is 8.42 Å². The van der Waals surface area contributed by atoms with Crippen LogP contribution in [-0.4, -0.2) is 33.1 Å². The van der Waals surface area contributed by atoms with Gasteiger partial charge in [-0.05, 0) is 31.4 Å². The van der Waals surface area contributed by atoms with Crippen LogP contribution in [0.15, 0.2) is 23.2 Å². The quantitative estimate of drug-likeness (QED) is 0.821. The molecule has 19 heavy (non-hydrogen) atoms. The second kappa shape index (κ2) is 5.85. The van der Waals surface area contributed by atoms with Crippen molar-refractivity contribution in [1.82, 2.24) is 9.71 Å².